The fraction of sp³-hybridized carbons (Fsp3) is 1.00. The summed E-state index contributed by atoms with van der Waals surface area (Å²) in [6.45, 7) is 11.7. The Kier molecular flexibility index (Phi) is 3.89. The summed E-state index contributed by atoms with van der Waals surface area (Å²) >= 11 is 0. The minimum atomic E-state index is -0.0556. The van der Waals surface area contributed by atoms with Crippen LogP contribution < -0.4 is 10.6 Å². The molecule has 4 nitrogen and oxygen atoms in total. The molecule has 2 rings (SSSR count). The zero-order valence-electron chi connectivity index (χ0n) is 9.64. The summed E-state index contributed by atoms with van der Waals surface area (Å²) < 4.78 is 10.3. The molecule has 0 amide bonds. The molecule has 0 unspecified atom stereocenters. The fourth-order valence-electron chi connectivity index (χ4n) is 1.31. The van der Waals surface area contributed by atoms with E-state index in [4.69, 9.17) is 9.47 Å². The maximum atomic E-state index is 5.23. The highest BCUT2D eigenvalue weighted by atomic mass is 16.5. The second-order valence-corrected chi connectivity index (χ2v) is 4.84. The molecular weight excluding hydrogens is 180 g/mol. The Morgan fingerprint density at radius 2 is 1.79 bits per heavy atom. The number of hydrogen-bond acceptors (Lipinski definition) is 4. The van der Waals surface area contributed by atoms with Gasteiger partial charge in [-0.2, -0.15) is 0 Å². The Morgan fingerprint density at radius 1 is 1.07 bits per heavy atom. The summed E-state index contributed by atoms with van der Waals surface area (Å²) in [5, 5.41) is 6.35. The van der Waals surface area contributed by atoms with Gasteiger partial charge < -0.3 is 9.47 Å². The van der Waals surface area contributed by atoms with E-state index in [0.717, 1.165) is 19.8 Å². The van der Waals surface area contributed by atoms with Crippen molar-refractivity contribution in [2.75, 3.05) is 26.5 Å². The molecule has 2 aliphatic rings. The third-order valence-corrected chi connectivity index (χ3v) is 2.23. The highest BCUT2D eigenvalue weighted by Gasteiger charge is 2.22. The Bertz CT molecular complexity index is 145. The highest BCUT2D eigenvalue weighted by Crippen LogP contribution is 2.07. The van der Waals surface area contributed by atoms with Crippen LogP contribution in [0.4, 0.5) is 0 Å². The lowest BCUT2D eigenvalue weighted by Crippen LogP contribution is -2.34. The lowest BCUT2D eigenvalue weighted by Gasteiger charge is -2.15. The molecule has 2 fully saturated rings. The Hall–Kier alpha value is -0.160. The van der Waals surface area contributed by atoms with Crippen LogP contribution in [-0.4, -0.2) is 37.8 Å². The normalized spacial score (nSPS) is 28.3. The van der Waals surface area contributed by atoms with Crippen LogP contribution in [0.15, 0.2) is 0 Å². The van der Waals surface area contributed by atoms with E-state index in [2.05, 4.69) is 24.5 Å². The van der Waals surface area contributed by atoms with Crippen LogP contribution in [0, 0.1) is 0 Å². The molecule has 2 saturated heterocycles. The molecule has 0 aromatic carbocycles. The third kappa shape index (κ3) is 4.37. The van der Waals surface area contributed by atoms with Crippen LogP contribution in [0.5, 0.6) is 0 Å². The summed E-state index contributed by atoms with van der Waals surface area (Å²) in [5.74, 6) is 0. The molecule has 2 aliphatic heterocycles. The third-order valence-electron chi connectivity index (χ3n) is 2.23. The fourth-order valence-corrected chi connectivity index (χ4v) is 1.31. The largest absolute Gasteiger partial charge is 0.364 e. The van der Waals surface area contributed by atoms with Crippen LogP contribution in [0.3, 0.4) is 0 Å². The summed E-state index contributed by atoms with van der Waals surface area (Å²) in [4.78, 5) is 0. The predicted octanol–water partition coefficient (Wildman–Crippen LogP) is 0.685. The molecule has 0 spiro atoms. The molecular formula is C10H22N2O2. The van der Waals surface area contributed by atoms with Gasteiger partial charge in [0.25, 0.3) is 0 Å². The van der Waals surface area contributed by atoms with Gasteiger partial charge in [-0.25, -0.2) is 0 Å². The van der Waals surface area contributed by atoms with Crippen molar-refractivity contribution in [1.29, 1.82) is 0 Å². The second-order valence-electron chi connectivity index (χ2n) is 4.84. The van der Waals surface area contributed by atoms with Crippen LogP contribution in [0.2, 0.25) is 0 Å². The van der Waals surface area contributed by atoms with Crippen LogP contribution in [-0.2, 0) is 9.47 Å². The number of rotatable bonds is 0. The van der Waals surface area contributed by atoms with Crippen molar-refractivity contribution >= 4 is 0 Å². The van der Waals surface area contributed by atoms with Gasteiger partial charge in [0.2, 0.25) is 0 Å². The summed E-state index contributed by atoms with van der Waals surface area (Å²) in [5.41, 5.74) is 0.167. The Labute approximate surface area is 86.3 Å². The highest BCUT2D eigenvalue weighted by molar-refractivity contribution is 4.78. The van der Waals surface area contributed by atoms with Crippen molar-refractivity contribution in [3.63, 3.8) is 0 Å². The monoisotopic (exact) mass is 202 g/mol. The minimum absolute atomic E-state index is 0.0556. The van der Waals surface area contributed by atoms with Gasteiger partial charge in [0, 0.05) is 12.1 Å². The molecule has 0 bridgehead atoms. The number of nitrogens with one attached hydrogen (secondary N) is 2. The average molecular weight is 202 g/mol. The van der Waals surface area contributed by atoms with Gasteiger partial charge >= 0.3 is 0 Å². The van der Waals surface area contributed by atoms with Gasteiger partial charge in [-0.1, -0.05) is 0 Å². The van der Waals surface area contributed by atoms with E-state index < -0.39 is 0 Å². The number of hydrogen-bond donors (Lipinski definition) is 2. The number of ether oxygens (including phenoxy) is 2. The van der Waals surface area contributed by atoms with Crippen LogP contribution in [0.25, 0.3) is 0 Å². The first-order chi connectivity index (χ1) is 6.41. The zero-order valence-corrected chi connectivity index (χ0v) is 9.64. The maximum Gasteiger partial charge on any atom is 0.113 e. The first kappa shape index (κ1) is 11.9. The first-order valence-corrected chi connectivity index (χ1v) is 5.13. The molecule has 2 N–H and O–H groups in total. The summed E-state index contributed by atoms with van der Waals surface area (Å²) in [6, 6.07) is 0. The maximum absolute atomic E-state index is 5.23. The minimum Gasteiger partial charge on any atom is -0.364 e. The van der Waals surface area contributed by atoms with E-state index in [1.165, 1.54) is 0 Å². The second kappa shape index (κ2) is 4.57. The molecule has 0 aromatic rings. The topological polar surface area (TPSA) is 42.5 Å². The van der Waals surface area contributed by atoms with Crippen molar-refractivity contribution in [3.05, 3.63) is 0 Å². The molecule has 84 valence electrons. The van der Waals surface area contributed by atoms with E-state index in [-0.39, 0.29) is 11.3 Å². The molecule has 0 radical (unpaired) electrons. The van der Waals surface area contributed by atoms with Crippen LogP contribution in [0.1, 0.15) is 27.7 Å². The van der Waals surface area contributed by atoms with E-state index >= 15 is 0 Å². The van der Waals surface area contributed by atoms with Gasteiger partial charge in [-0.05, 0) is 27.7 Å². The smallest absolute Gasteiger partial charge is 0.113 e. The van der Waals surface area contributed by atoms with E-state index in [0.29, 0.717) is 6.73 Å². The zero-order chi connectivity index (χ0) is 10.7. The molecule has 0 atom stereocenters. The van der Waals surface area contributed by atoms with Gasteiger partial charge in [-0.15, -0.1) is 0 Å². The van der Waals surface area contributed by atoms with Gasteiger partial charge in [0.1, 0.15) is 5.72 Å². The van der Waals surface area contributed by atoms with Gasteiger partial charge in [-0.3, -0.25) is 10.6 Å². The van der Waals surface area contributed by atoms with E-state index in [1.807, 2.05) is 13.8 Å². The van der Waals surface area contributed by atoms with E-state index in [9.17, 15) is 0 Å². The molecule has 0 aliphatic carbocycles. The van der Waals surface area contributed by atoms with Crippen molar-refractivity contribution in [2.24, 2.45) is 0 Å². The first-order valence-electron chi connectivity index (χ1n) is 5.13. The van der Waals surface area contributed by atoms with Crippen molar-refractivity contribution in [3.8, 4) is 0 Å². The molecule has 14 heavy (non-hydrogen) atoms. The van der Waals surface area contributed by atoms with Gasteiger partial charge in [0.05, 0.1) is 19.9 Å². The lowest BCUT2D eigenvalue weighted by molar-refractivity contribution is 0.0233. The van der Waals surface area contributed by atoms with Crippen molar-refractivity contribution < 1.29 is 9.47 Å². The lowest BCUT2D eigenvalue weighted by atomic mass is 10.1. The SMILES string of the molecule is CC1(C)COCN1.CC1(C)NCCO1. The predicted molar refractivity (Wildman–Crippen MR) is 56.1 cm³/mol. The summed E-state index contributed by atoms with van der Waals surface area (Å²) in [6.07, 6.45) is 0. The molecule has 0 saturated carbocycles. The summed E-state index contributed by atoms with van der Waals surface area (Å²) in [7, 11) is 0. The van der Waals surface area contributed by atoms with Crippen LogP contribution >= 0.6 is 0 Å². The Morgan fingerprint density at radius 3 is 1.93 bits per heavy atom. The molecule has 4 heteroatoms. The average Bonchev–Trinajstić information content (AvgIpc) is 2.60. The molecule has 2 heterocycles. The Balaban J connectivity index is 0.000000140. The van der Waals surface area contributed by atoms with Crippen molar-refractivity contribution in [2.45, 2.75) is 39.0 Å². The quantitative estimate of drug-likeness (QED) is 0.606. The molecule has 0 aromatic heterocycles. The van der Waals surface area contributed by atoms with E-state index in [1.54, 1.807) is 0 Å². The van der Waals surface area contributed by atoms with Crippen molar-refractivity contribution in [1.82, 2.24) is 10.6 Å². The van der Waals surface area contributed by atoms with Gasteiger partial charge in [0.15, 0.2) is 0 Å². The standard InChI is InChI=1S/2C5H11NO/c1-5(2)3-7-4-6-5;1-5(2)6-3-4-7-5/h2*6H,3-4H2,1-2H3.